The van der Waals surface area contributed by atoms with E-state index in [0.717, 1.165) is 30.7 Å². The number of phenolic OH excluding ortho intramolecular Hbond substituents is 1. The molecule has 0 saturated heterocycles. The number of phenols is 1. The average Bonchev–Trinajstić information content (AvgIpc) is 2.64. The third-order valence-corrected chi connectivity index (χ3v) is 3.56. The zero-order valence-electron chi connectivity index (χ0n) is 8.99. The summed E-state index contributed by atoms with van der Waals surface area (Å²) in [6, 6.07) is 6.28. The molecule has 82 valence electrons. The fourth-order valence-electron chi connectivity index (χ4n) is 2.18. The van der Waals surface area contributed by atoms with Crippen LogP contribution in [0.1, 0.15) is 23.6 Å². The first-order valence-electron chi connectivity index (χ1n) is 5.36. The van der Waals surface area contributed by atoms with Crippen molar-refractivity contribution < 1.29 is 5.11 Å². The van der Waals surface area contributed by atoms with Crippen LogP contribution in [0.25, 0.3) is 0 Å². The van der Waals surface area contributed by atoms with Crippen LogP contribution in [0, 0.1) is 0 Å². The standard InChI is InChI=1S/C12H17NOS/c1-15-8-7-13-11-6-5-10-9(11)3-2-4-12(10)14/h2-4,11,13-14H,5-8H2,1H3. The Balaban J connectivity index is 2.05. The molecule has 0 aromatic heterocycles. The Kier molecular flexibility index (Phi) is 3.54. The Hall–Kier alpha value is -0.670. The van der Waals surface area contributed by atoms with Gasteiger partial charge in [-0.1, -0.05) is 12.1 Å². The second-order valence-corrected chi connectivity index (χ2v) is 4.87. The van der Waals surface area contributed by atoms with Crippen molar-refractivity contribution in [2.45, 2.75) is 18.9 Å². The smallest absolute Gasteiger partial charge is 0.119 e. The van der Waals surface area contributed by atoms with Crippen LogP contribution < -0.4 is 5.32 Å². The summed E-state index contributed by atoms with van der Waals surface area (Å²) in [5.74, 6) is 1.60. The van der Waals surface area contributed by atoms with Crippen LogP contribution in [0.15, 0.2) is 18.2 Å². The molecule has 0 radical (unpaired) electrons. The molecular weight excluding hydrogens is 206 g/mol. The van der Waals surface area contributed by atoms with Crippen molar-refractivity contribution in [3.05, 3.63) is 29.3 Å². The number of benzene rings is 1. The molecule has 1 aromatic rings. The van der Waals surface area contributed by atoms with E-state index in [9.17, 15) is 5.11 Å². The van der Waals surface area contributed by atoms with E-state index in [4.69, 9.17) is 0 Å². The predicted molar refractivity (Wildman–Crippen MR) is 65.6 cm³/mol. The lowest BCUT2D eigenvalue weighted by molar-refractivity contribution is 0.469. The van der Waals surface area contributed by atoms with Gasteiger partial charge in [0.2, 0.25) is 0 Å². The fraction of sp³-hybridized carbons (Fsp3) is 0.500. The van der Waals surface area contributed by atoms with Gasteiger partial charge in [0.1, 0.15) is 5.75 Å². The number of fused-ring (bicyclic) bond motifs is 1. The van der Waals surface area contributed by atoms with Crippen molar-refractivity contribution in [1.29, 1.82) is 0 Å². The molecule has 0 fully saturated rings. The molecule has 2 nitrogen and oxygen atoms in total. The van der Waals surface area contributed by atoms with Gasteiger partial charge in [0.25, 0.3) is 0 Å². The molecule has 0 spiro atoms. The number of hydrogen-bond donors (Lipinski definition) is 2. The molecule has 0 amide bonds. The number of hydrogen-bond acceptors (Lipinski definition) is 3. The van der Waals surface area contributed by atoms with Gasteiger partial charge in [0, 0.05) is 18.3 Å². The molecular formula is C12H17NOS. The van der Waals surface area contributed by atoms with Crippen molar-refractivity contribution in [3.8, 4) is 5.75 Å². The van der Waals surface area contributed by atoms with Crippen LogP contribution >= 0.6 is 11.8 Å². The van der Waals surface area contributed by atoms with Crippen LogP contribution in [0.4, 0.5) is 0 Å². The number of thioether (sulfide) groups is 1. The van der Waals surface area contributed by atoms with Crippen molar-refractivity contribution in [2.24, 2.45) is 0 Å². The van der Waals surface area contributed by atoms with Gasteiger partial charge >= 0.3 is 0 Å². The predicted octanol–water partition coefficient (Wildman–Crippen LogP) is 2.33. The summed E-state index contributed by atoms with van der Waals surface area (Å²) < 4.78 is 0. The molecule has 15 heavy (non-hydrogen) atoms. The van der Waals surface area contributed by atoms with Crippen LogP contribution in [0.5, 0.6) is 5.75 Å². The molecule has 1 aromatic carbocycles. The topological polar surface area (TPSA) is 32.3 Å². The lowest BCUT2D eigenvalue weighted by atomic mass is 10.1. The van der Waals surface area contributed by atoms with E-state index >= 15 is 0 Å². The Morgan fingerprint density at radius 3 is 3.20 bits per heavy atom. The van der Waals surface area contributed by atoms with E-state index < -0.39 is 0 Å². The van der Waals surface area contributed by atoms with Crippen LogP contribution in [-0.4, -0.2) is 23.7 Å². The minimum absolute atomic E-state index is 0.444. The third kappa shape index (κ3) is 2.29. The molecule has 0 bridgehead atoms. The van der Waals surface area contributed by atoms with E-state index in [0.29, 0.717) is 11.8 Å². The van der Waals surface area contributed by atoms with Gasteiger partial charge in [0.15, 0.2) is 0 Å². The first kappa shape index (κ1) is 10.8. The van der Waals surface area contributed by atoms with E-state index in [1.165, 1.54) is 5.56 Å². The summed E-state index contributed by atoms with van der Waals surface area (Å²) in [6.45, 7) is 1.04. The Labute approximate surface area is 95.1 Å². The molecule has 1 unspecified atom stereocenters. The van der Waals surface area contributed by atoms with Crippen LogP contribution in [0.2, 0.25) is 0 Å². The van der Waals surface area contributed by atoms with Crippen molar-refractivity contribution in [3.63, 3.8) is 0 Å². The summed E-state index contributed by atoms with van der Waals surface area (Å²) in [4.78, 5) is 0. The van der Waals surface area contributed by atoms with Crippen molar-refractivity contribution in [2.75, 3.05) is 18.6 Å². The maximum Gasteiger partial charge on any atom is 0.119 e. The molecule has 2 N–H and O–H groups in total. The van der Waals surface area contributed by atoms with Gasteiger partial charge < -0.3 is 10.4 Å². The number of aromatic hydroxyl groups is 1. The highest BCUT2D eigenvalue weighted by Gasteiger charge is 2.23. The van der Waals surface area contributed by atoms with E-state index in [1.54, 1.807) is 6.07 Å². The highest BCUT2D eigenvalue weighted by molar-refractivity contribution is 7.98. The summed E-state index contributed by atoms with van der Waals surface area (Å²) in [7, 11) is 0. The van der Waals surface area contributed by atoms with Crippen LogP contribution in [0.3, 0.4) is 0 Å². The molecule has 0 saturated carbocycles. The van der Waals surface area contributed by atoms with Crippen LogP contribution in [-0.2, 0) is 6.42 Å². The molecule has 2 rings (SSSR count). The van der Waals surface area contributed by atoms with Gasteiger partial charge in [0.05, 0.1) is 0 Å². The van der Waals surface area contributed by atoms with Gasteiger partial charge in [-0.15, -0.1) is 0 Å². The summed E-state index contributed by atoms with van der Waals surface area (Å²) >= 11 is 1.86. The maximum absolute atomic E-state index is 9.69. The monoisotopic (exact) mass is 223 g/mol. The minimum atomic E-state index is 0.444. The Morgan fingerprint density at radius 1 is 1.53 bits per heavy atom. The highest BCUT2D eigenvalue weighted by Crippen LogP contribution is 2.35. The van der Waals surface area contributed by atoms with E-state index in [1.807, 2.05) is 17.8 Å². The summed E-state index contributed by atoms with van der Waals surface area (Å²) in [6.07, 6.45) is 4.23. The SMILES string of the molecule is CSCCNC1CCc2c(O)cccc21. The zero-order chi connectivity index (χ0) is 10.7. The number of rotatable bonds is 4. The Bertz CT molecular complexity index is 340. The second-order valence-electron chi connectivity index (χ2n) is 3.88. The Morgan fingerprint density at radius 2 is 2.40 bits per heavy atom. The minimum Gasteiger partial charge on any atom is -0.508 e. The molecule has 1 atom stereocenters. The zero-order valence-corrected chi connectivity index (χ0v) is 9.81. The normalized spacial score (nSPS) is 19.1. The van der Waals surface area contributed by atoms with Gasteiger partial charge in [-0.3, -0.25) is 0 Å². The van der Waals surface area contributed by atoms with E-state index in [2.05, 4.69) is 17.6 Å². The largest absolute Gasteiger partial charge is 0.508 e. The number of nitrogens with one attached hydrogen (secondary N) is 1. The second kappa shape index (κ2) is 4.90. The lowest BCUT2D eigenvalue weighted by Crippen LogP contribution is -2.21. The van der Waals surface area contributed by atoms with E-state index in [-0.39, 0.29) is 0 Å². The summed E-state index contributed by atoms with van der Waals surface area (Å²) in [5, 5.41) is 13.2. The molecule has 1 aliphatic rings. The van der Waals surface area contributed by atoms with Gasteiger partial charge in [-0.25, -0.2) is 0 Å². The van der Waals surface area contributed by atoms with Gasteiger partial charge in [-0.05, 0) is 36.3 Å². The summed E-state index contributed by atoms with van der Waals surface area (Å²) in [5.41, 5.74) is 2.43. The molecule has 1 aliphatic carbocycles. The first-order valence-corrected chi connectivity index (χ1v) is 6.75. The van der Waals surface area contributed by atoms with Gasteiger partial charge in [-0.2, -0.15) is 11.8 Å². The van der Waals surface area contributed by atoms with Crippen molar-refractivity contribution in [1.82, 2.24) is 5.32 Å². The quantitative estimate of drug-likeness (QED) is 0.768. The average molecular weight is 223 g/mol. The maximum atomic E-state index is 9.69. The fourth-order valence-corrected chi connectivity index (χ4v) is 2.50. The van der Waals surface area contributed by atoms with Crippen molar-refractivity contribution >= 4 is 11.8 Å². The molecule has 0 aliphatic heterocycles. The molecule has 0 heterocycles. The lowest BCUT2D eigenvalue weighted by Gasteiger charge is -2.13. The highest BCUT2D eigenvalue weighted by atomic mass is 32.2. The first-order chi connectivity index (χ1) is 7.33. The third-order valence-electron chi connectivity index (χ3n) is 2.94. The molecule has 3 heteroatoms.